The molecule has 21 heavy (non-hydrogen) atoms. The summed E-state index contributed by atoms with van der Waals surface area (Å²) < 4.78 is 6.02. The first-order chi connectivity index (χ1) is 10.2. The normalized spacial score (nSPS) is 10.7. The van der Waals surface area contributed by atoms with Crippen molar-refractivity contribution in [3.8, 4) is 17.2 Å². The van der Waals surface area contributed by atoms with Gasteiger partial charge in [0.25, 0.3) is 5.89 Å². The highest BCUT2D eigenvalue weighted by Gasteiger charge is 2.13. The summed E-state index contributed by atoms with van der Waals surface area (Å²) in [7, 11) is 0. The highest BCUT2D eigenvalue weighted by Crippen LogP contribution is 2.30. The number of phenols is 1. The van der Waals surface area contributed by atoms with Gasteiger partial charge in [-0.15, -0.1) is 0 Å². The predicted octanol–water partition coefficient (Wildman–Crippen LogP) is 3.99. The van der Waals surface area contributed by atoms with Gasteiger partial charge in [0.05, 0.1) is 5.56 Å². The van der Waals surface area contributed by atoms with E-state index in [0.717, 1.165) is 10.9 Å². The summed E-state index contributed by atoms with van der Waals surface area (Å²) in [6.45, 7) is 0. The van der Waals surface area contributed by atoms with Crippen molar-refractivity contribution in [2.75, 3.05) is 0 Å². The van der Waals surface area contributed by atoms with Crippen LogP contribution in [0.2, 0.25) is 0 Å². The van der Waals surface area contributed by atoms with E-state index in [1.807, 2.05) is 24.3 Å². The van der Waals surface area contributed by atoms with E-state index in [1.165, 1.54) is 5.56 Å². The van der Waals surface area contributed by atoms with Crippen LogP contribution in [-0.4, -0.2) is 15.2 Å². The Morgan fingerprint density at radius 1 is 1.05 bits per heavy atom. The van der Waals surface area contributed by atoms with Crippen molar-refractivity contribution >= 4 is 15.9 Å². The standard InChI is InChI=1S/C16H13BrN2O2/c17-12-7-8-13(14(20)10-12)16-18-15(19-21-16)9-6-11-4-2-1-3-5-11/h1-5,7-8,10,20H,6,9H2. The second-order valence-corrected chi connectivity index (χ2v) is 5.58. The SMILES string of the molecule is Oc1cc(Br)ccc1-c1nc(CCc2ccccc2)no1. The second kappa shape index (κ2) is 6.10. The van der Waals surface area contributed by atoms with E-state index in [9.17, 15) is 5.11 Å². The molecule has 0 bridgehead atoms. The van der Waals surface area contributed by atoms with Crippen LogP contribution in [0.4, 0.5) is 0 Å². The second-order valence-electron chi connectivity index (χ2n) is 4.66. The van der Waals surface area contributed by atoms with E-state index >= 15 is 0 Å². The van der Waals surface area contributed by atoms with Gasteiger partial charge in [0.2, 0.25) is 0 Å². The lowest BCUT2D eigenvalue weighted by atomic mass is 10.1. The molecular formula is C16H13BrN2O2. The van der Waals surface area contributed by atoms with Crippen molar-refractivity contribution in [3.63, 3.8) is 0 Å². The van der Waals surface area contributed by atoms with Crippen LogP contribution in [0.3, 0.4) is 0 Å². The van der Waals surface area contributed by atoms with Gasteiger partial charge in [-0.1, -0.05) is 51.4 Å². The number of aryl methyl sites for hydroxylation is 2. The summed E-state index contributed by atoms with van der Waals surface area (Å²) in [5.41, 5.74) is 1.77. The predicted molar refractivity (Wildman–Crippen MR) is 82.9 cm³/mol. The van der Waals surface area contributed by atoms with Crippen LogP contribution < -0.4 is 0 Å². The maximum Gasteiger partial charge on any atom is 0.261 e. The highest BCUT2D eigenvalue weighted by atomic mass is 79.9. The van der Waals surface area contributed by atoms with Crippen molar-refractivity contribution in [2.24, 2.45) is 0 Å². The van der Waals surface area contributed by atoms with Gasteiger partial charge in [-0.3, -0.25) is 0 Å². The van der Waals surface area contributed by atoms with Gasteiger partial charge in [-0.05, 0) is 30.2 Å². The minimum atomic E-state index is 0.114. The van der Waals surface area contributed by atoms with Gasteiger partial charge < -0.3 is 9.63 Å². The fraction of sp³-hybridized carbons (Fsp3) is 0.125. The van der Waals surface area contributed by atoms with E-state index in [4.69, 9.17) is 4.52 Å². The van der Waals surface area contributed by atoms with Crippen LogP contribution in [0.5, 0.6) is 5.75 Å². The average Bonchev–Trinajstić information content (AvgIpc) is 2.95. The molecule has 0 atom stereocenters. The lowest BCUT2D eigenvalue weighted by Crippen LogP contribution is -1.93. The van der Waals surface area contributed by atoms with Crippen molar-refractivity contribution in [2.45, 2.75) is 12.8 Å². The summed E-state index contributed by atoms with van der Waals surface area (Å²) in [4.78, 5) is 4.33. The van der Waals surface area contributed by atoms with Crippen molar-refractivity contribution in [1.82, 2.24) is 10.1 Å². The van der Waals surface area contributed by atoms with Crippen LogP contribution in [0.25, 0.3) is 11.5 Å². The van der Waals surface area contributed by atoms with Gasteiger partial charge in [0, 0.05) is 10.9 Å². The quantitative estimate of drug-likeness (QED) is 0.777. The zero-order valence-electron chi connectivity index (χ0n) is 11.2. The van der Waals surface area contributed by atoms with Gasteiger partial charge in [0.15, 0.2) is 5.82 Å². The number of rotatable bonds is 4. The van der Waals surface area contributed by atoms with Gasteiger partial charge >= 0.3 is 0 Å². The van der Waals surface area contributed by atoms with E-state index in [-0.39, 0.29) is 5.75 Å². The lowest BCUT2D eigenvalue weighted by molar-refractivity contribution is 0.417. The molecule has 0 aliphatic carbocycles. The number of benzene rings is 2. The van der Waals surface area contributed by atoms with E-state index in [1.54, 1.807) is 12.1 Å². The summed E-state index contributed by atoms with van der Waals surface area (Å²) in [6.07, 6.45) is 1.55. The Morgan fingerprint density at radius 3 is 2.62 bits per heavy atom. The average molecular weight is 345 g/mol. The zero-order valence-corrected chi connectivity index (χ0v) is 12.7. The highest BCUT2D eigenvalue weighted by molar-refractivity contribution is 9.10. The number of aromatic nitrogens is 2. The molecule has 3 aromatic rings. The Labute approximate surface area is 130 Å². The monoisotopic (exact) mass is 344 g/mol. The van der Waals surface area contributed by atoms with Gasteiger partial charge in [0.1, 0.15) is 5.75 Å². The summed E-state index contributed by atoms with van der Waals surface area (Å²) in [5.74, 6) is 1.09. The van der Waals surface area contributed by atoms with E-state index in [2.05, 4.69) is 38.2 Å². The molecule has 3 rings (SSSR count). The molecule has 0 amide bonds. The molecule has 0 aliphatic heterocycles. The molecular weight excluding hydrogens is 332 g/mol. The number of nitrogens with zero attached hydrogens (tertiary/aromatic N) is 2. The molecule has 1 N–H and O–H groups in total. The summed E-state index contributed by atoms with van der Waals surface area (Å²) in [6, 6.07) is 15.3. The Morgan fingerprint density at radius 2 is 1.86 bits per heavy atom. The molecule has 4 nitrogen and oxygen atoms in total. The molecule has 0 fully saturated rings. The Balaban J connectivity index is 1.74. The first kappa shape index (κ1) is 13.8. The number of phenolic OH excluding ortho intramolecular Hbond substituents is 1. The van der Waals surface area contributed by atoms with Crippen LogP contribution in [0.15, 0.2) is 57.5 Å². The maximum atomic E-state index is 9.90. The number of aromatic hydroxyl groups is 1. The smallest absolute Gasteiger partial charge is 0.261 e. The number of hydrogen-bond donors (Lipinski definition) is 1. The first-order valence-corrected chi connectivity index (χ1v) is 7.37. The number of halogens is 1. The lowest BCUT2D eigenvalue weighted by Gasteiger charge is -1.99. The minimum absolute atomic E-state index is 0.114. The summed E-state index contributed by atoms with van der Waals surface area (Å²) in [5, 5.41) is 13.9. The fourth-order valence-electron chi connectivity index (χ4n) is 2.05. The third kappa shape index (κ3) is 3.31. The zero-order chi connectivity index (χ0) is 14.7. The molecule has 0 spiro atoms. The molecule has 5 heteroatoms. The molecule has 1 heterocycles. The molecule has 2 aromatic carbocycles. The molecule has 0 aliphatic rings. The van der Waals surface area contributed by atoms with Crippen LogP contribution in [-0.2, 0) is 12.8 Å². The molecule has 0 saturated heterocycles. The molecule has 0 saturated carbocycles. The first-order valence-electron chi connectivity index (χ1n) is 6.58. The van der Waals surface area contributed by atoms with Crippen LogP contribution in [0, 0.1) is 0 Å². The van der Waals surface area contributed by atoms with Crippen molar-refractivity contribution in [1.29, 1.82) is 0 Å². The third-order valence-corrected chi connectivity index (χ3v) is 3.63. The summed E-state index contributed by atoms with van der Waals surface area (Å²) >= 11 is 3.30. The van der Waals surface area contributed by atoms with Crippen LogP contribution in [0.1, 0.15) is 11.4 Å². The van der Waals surface area contributed by atoms with Gasteiger partial charge in [-0.25, -0.2) is 0 Å². The Hall–Kier alpha value is -2.14. The van der Waals surface area contributed by atoms with Crippen molar-refractivity contribution < 1.29 is 9.63 Å². The van der Waals surface area contributed by atoms with E-state index in [0.29, 0.717) is 23.7 Å². The topological polar surface area (TPSA) is 59.2 Å². The number of hydrogen-bond acceptors (Lipinski definition) is 4. The Kier molecular flexibility index (Phi) is 4.01. The largest absolute Gasteiger partial charge is 0.507 e. The molecule has 0 radical (unpaired) electrons. The third-order valence-electron chi connectivity index (χ3n) is 3.14. The molecule has 106 valence electrons. The fourth-order valence-corrected chi connectivity index (χ4v) is 2.40. The van der Waals surface area contributed by atoms with Crippen LogP contribution >= 0.6 is 15.9 Å². The maximum absolute atomic E-state index is 9.90. The van der Waals surface area contributed by atoms with Crippen molar-refractivity contribution in [3.05, 3.63) is 64.4 Å². The molecule has 0 unspecified atom stereocenters. The minimum Gasteiger partial charge on any atom is -0.507 e. The molecule has 1 aromatic heterocycles. The van der Waals surface area contributed by atoms with E-state index < -0.39 is 0 Å². The Bertz CT molecular complexity index is 741. The van der Waals surface area contributed by atoms with Gasteiger partial charge in [-0.2, -0.15) is 4.98 Å².